The largest absolute Gasteiger partial charge is 0.329 e. The van der Waals surface area contributed by atoms with Gasteiger partial charge in [0.2, 0.25) is 5.91 Å². The van der Waals surface area contributed by atoms with Gasteiger partial charge in [-0.25, -0.2) is 0 Å². The van der Waals surface area contributed by atoms with Crippen LogP contribution in [0.3, 0.4) is 0 Å². The van der Waals surface area contributed by atoms with E-state index in [1.165, 1.54) is 4.90 Å². The van der Waals surface area contributed by atoms with Gasteiger partial charge in [-0.1, -0.05) is 48.3 Å². The van der Waals surface area contributed by atoms with Crippen molar-refractivity contribution in [3.63, 3.8) is 0 Å². The van der Waals surface area contributed by atoms with Crippen molar-refractivity contribution in [2.45, 2.75) is 13.3 Å². The number of halogens is 2. The maximum atomic E-state index is 12.5. The average Bonchev–Trinajstić information content (AvgIpc) is 2.57. The number of hydrogen-bond donors (Lipinski definition) is 1. The van der Waals surface area contributed by atoms with E-state index >= 15 is 0 Å². The number of hydrogen-bond acceptors (Lipinski definition) is 2. The smallest absolute Gasteiger partial charge is 0.254 e. The Morgan fingerprint density at radius 1 is 1.08 bits per heavy atom. The number of carbonyl (C=O) groups excluding carboxylic acids is 2. The molecule has 0 aliphatic rings. The quantitative estimate of drug-likeness (QED) is 0.820. The van der Waals surface area contributed by atoms with E-state index in [-0.39, 0.29) is 18.4 Å². The third-order valence-electron chi connectivity index (χ3n) is 3.34. The van der Waals surface area contributed by atoms with Crippen LogP contribution in [0.5, 0.6) is 0 Å². The van der Waals surface area contributed by atoms with Crippen molar-refractivity contribution in [1.82, 2.24) is 4.90 Å². The van der Waals surface area contributed by atoms with Crippen LogP contribution < -0.4 is 5.32 Å². The zero-order chi connectivity index (χ0) is 17.5. The maximum absolute atomic E-state index is 12.5. The highest BCUT2D eigenvalue weighted by Crippen LogP contribution is 2.25. The summed E-state index contributed by atoms with van der Waals surface area (Å²) in [7, 11) is 0. The van der Waals surface area contributed by atoms with Gasteiger partial charge in [0.05, 0.1) is 10.7 Å². The summed E-state index contributed by atoms with van der Waals surface area (Å²) in [5, 5.41) is 3.55. The number of benzene rings is 2. The van der Waals surface area contributed by atoms with Gasteiger partial charge in [-0.05, 0) is 36.8 Å². The zero-order valence-electron chi connectivity index (χ0n) is 13.3. The van der Waals surface area contributed by atoms with Crippen LogP contribution in [0.4, 0.5) is 5.69 Å². The van der Waals surface area contributed by atoms with E-state index in [9.17, 15) is 9.59 Å². The molecular weight excluding hydrogens is 347 g/mol. The molecule has 2 amide bonds. The second kappa shape index (κ2) is 8.71. The third kappa shape index (κ3) is 4.98. The molecule has 0 aliphatic carbocycles. The first-order chi connectivity index (χ1) is 11.5. The minimum Gasteiger partial charge on any atom is -0.329 e. The van der Waals surface area contributed by atoms with Crippen LogP contribution in [0.2, 0.25) is 10.0 Å². The van der Waals surface area contributed by atoms with Crippen molar-refractivity contribution in [1.29, 1.82) is 0 Å². The van der Waals surface area contributed by atoms with Crippen LogP contribution in [0.25, 0.3) is 0 Å². The summed E-state index contributed by atoms with van der Waals surface area (Å²) in [4.78, 5) is 26.3. The molecule has 2 rings (SSSR count). The number of nitrogens with zero attached hydrogens (tertiary/aromatic N) is 1. The molecule has 0 aliphatic heterocycles. The van der Waals surface area contributed by atoms with Gasteiger partial charge in [-0.15, -0.1) is 0 Å². The molecule has 2 aromatic carbocycles. The van der Waals surface area contributed by atoms with Crippen LogP contribution in [0.1, 0.15) is 23.7 Å². The van der Waals surface area contributed by atoms with E-state index < -0.39 is 0 Å². The molecule has 0 heterocycles. The van der Waals surface area contributed by atoms with Crippen molar-refractivity contribution in [2.75, 3.05) is 18.4 Å². The van der Waals surface area contributed by atoms with Gasteiger partial charge in [0, 0.05) is 17.1 Å². The fraction of sp³-hybridized carbons (Fsp3) is 0.222. The van der Waals surface area contributed by atoms with Crippen molar-refractivity contribution < 1.29 is 9.59 Å². The predicted molar refractivity (Wildman–Crippen MR) is 97.7 cm³/mol. The first-order valence-corrected chi connectivity index (χ1v) is 8.36. The van der Waals surface area contributed by atoms with E-state index in [0.29, 0.717) is 27.8 Å². The van der Waals surface area contributed by atoms with Crippen LogP contribution in [0, 0.1) is 0 Å². The van der Waals surface area contributed by atoms with E-state index in [0.717, 1.165) is 6.42 Å². The molecule has 0 saturated heterocycles. The lowest BCUT2D eigenvalue weighted by Gasteiger charge is -2.22. The molecule has 0 radical (unpaired) electrons. The van der Waals surface area contributed by atoms with Gasteiger partial charge in [0.1, 0.15) is 6.54 Å². The summed E-state index contributed by atoms with van der Waals surface area (Å²) in [5.74, 6) is -0.480. The van der Waals surface area contributed by atoms with Gasteiger partial charge in [-0.3, -0.25) is 9.59 Å². The monoisotopic (exact) mass is 364 g/mol. The number of amides is 2. The average molecular weight is 365 g/mol. The Bertz CT molecular complexity index is 720. The van der Waals surface area contributed by atoms with Crippen LogP contribution >= 0.6 is 23.2 Å². The molecule has 126 valence electrons. The zero-order valence-corrected chi connectivity index (χ0v) is 14.8. The Balaban J connectivity index is 2.07. The van der Waals surface area contributed by atoms with Crippen molar-refractivity contribution >= 4 is 40.7 Å². The normalized spacial score (nSPS) is 10.3. The molecule has 0 fully saturated rings. The molecule has 6 heteroatoms. The van der Waals surface area contributed by atoms with E-state index in [1.54, 1.807) is 42.5 Å². The van der Waals surface area contributed by atoms with Gasteiger partial charge in [0.15, 0.2) is 0 Å². The first-order valence-electron chi connectivity index (χ1n) is 7.60. The Morgan fingerprint density at radius 3 is 2.42 bits per heavy atom. The van der Waals surface area contributed by atoms with Crippen molar-refractivity contribution in [2.24, 2.45) is 0 Å². The van der Waals surface area contributed by atoms with Crippen LogP contribution in [-0.2, 0) is 4.79 Å². The maximum Gasteiger partial charge on any atom is 0.254 e. The topological polar surface area (TPSA) is 49.4 Å². The highest BCUT2D eigenvalue weighted by Gasteiger charge is 2.18. The van der Waals surface area contributed by atoms with Crippen molar-refractivity contribution in [3.05, 3.63) is 64.1 Å². The van der Waals surface area contributed by atoms with Crippen molar-refractivity contribution in [3.8, 4) is 0 Å². The number of nitrogens with one attached hydrogen (secondary N) is 1. The Labute approximate surface area is 151 Å². The highest BCUT2D eigenvalue weighted by molar-refractivity contribution is 6.36. The summed E-state index contributed by atoms with van der Waals surface area (Å²) in [6.07, 6.45) is 0.757. The second-order valence-electron chi connectivity index (χ2n) is 5.27. The number of carbonyl (C=O) groups is 2. The van der Waals surface area contributed by atoms with Gasteiger partial charge in [-0.2, -0.15) is 0 Å². The van der Waals surface area contributed by atoms with E-state index in [2.05, 4.69) is 5.32 Å². The van der Waals surface area contributed by atoms with Gasteiger partial charge < -0.3 is 10.2 Å². The molecule has 0 saturated carbocycles. The third-order valence-corrected chi connectivity index (χ3v) is 3.89. The fourth-order valence-corrected chi connectivity index (χ4v) is 2.70. The summed E-state index contributed by atoms with van der Waals surface area (Å²) in [6, 6.07) is 13.7. The molecule has 0 aromatic heterocycles. The van der Waals surface area contributed by atoms with E-state index in [4.69, 9.17) is 23.2 Å². The van der Waals surface area contributed by atoms with Crippen LogP contribution in [-0.4, -0.2) is 29.8 Å². The van der Waals surface area contributed by atoms with E-state index in [1.807, 2.05) is 13.0 Å². The standard InChI is InChI=1S/C18H18Cl2N2O2/c1-2-10-22(18(24)13-6-4-3-5-7-13)12-17(23)21-16-9-8-14(19)11-15(16)20/h3-9,11H,2,10,12H2,1H3,(H,21,23). The second-order valence-corrected chi connectivity index (χ2v) is 6.11. The Kier molecular flexibility index (Phi) is 6.64. The fourth-order valence-electron chi connectivity index (χ4n) is 2.24. The lowest BCUT2D eigenvalue weighted by atomic mass is 10.2. The molecule has 0 atom stereocenters. The Hall–Kier alpha value is -2.04. The number of anilines is 1. The molecule has 0 spiro atoms. The summed E-state index contributed by atoms with van der Waals surface area (Å²) >= 11 is 11.9. The lowest BCUT2D eigenvalue weighted by molar-refractivity contribution is -0.116. The minimum absolute atomic E-state index is 0.0411. The van der Waals surface area contributed by atoms with Gasteiger partial charge in [0.25, 0.3) is 5.91 Å². The minimum atomic E-state index is -0.308. The molecule has 0 unspecified atom stereocenters. The molecule has 1 N–H and O–H groups in total. The highest BCUT2D eigenvalue weighted by atomic mass is 35.5. The molecule has 4 nitrogen and oxygen atoms in total. The van der Waals surface area contributed by atoms with Gasteiger partial charge >= 0.3 is 0 Å². The molecular formula is C18H18Cl2N2O2. The summed E-state index contributed by atoms with van der Waals surface area (Å²) < 4.78 is 0. The molecule has 0 bridgehead atoms. The summed E-state index contributed by atoms with van der Waals surface area (Å²) in [6.45, 7) is 2.41. The predicted octanol–water partition coefficient (Wildman–Crippen LogP) is 4.48. The molecule has 2 aromatic rings. The molecule has 24 heavy (non-hydrogen) atoms. The SMILES string of the molecule is CCCN(CC(=O)Nc1ccc(Cl)cc1Cl)C(=O)c1ccccc1. The lowest BCUT2D eigenvalue weighted by Crippen LogP contribution is -2.38. The summed E-state index contributed by atoms with van der Waals surface area (Å²) in [5.41, 5.74) is 1.03. The number of rotatable bonds is 6. The first kappa shape index (κ1) is 18.3. The Morgan fingerprint density at radius 2 is 1.79 bits per heavy atom. The van der Waals surface area contributed by atoms with Crippen LogP contribution in [0.15, 0.2) is 48.5 Å².